The van der Waals surface area contributed by atoms with E-state index in [0.717, 1.165) is 16.7 Å². The molecule has 1 N–H and O–H groups in total. The number of Topliss-reactive ketones (excluding diaryl/α,β-unsaturated/α-hetero) is 1. The van der Waals surface area contributed by atoms with Crippen molar-refractivity contribution in [3.05, 3.63) is 108 Å². The number of aliphatic imine (C=N–C) groups is 1. The molecule has 4 unspecified atom stereocenters. The van der Waals surface area contributed by atoms with Gasteiger partial charge >= 0.3 is 0 Å². The highest BCUT2D eigenvalue weighted by Crippen LogP contribution is 2.51. The number of carbonyl (C=O) groups excluding carboxylic acids is 2. The van der Waals surface area contributed by atoms with Gasteiger partial charge in [0, 0.05) is 30.8 Å². The number of hydrogen-bond acceptors (Lipinski definition) is 11. The lowest BCUT2D eigenvalue weighted by Crippen LogP contribution is -2.39. The highest BCUT2D eigenvalue weighted by molar-refractivity contribution is 7.44. The molecule has 0 aliphatic carbocycles. The second-order valence-electron chi connectivity index (χ2n) is 15.5. The van der Waals surface area contributed by atoms with Crippen molar-refractivity contribution in [2.75, 3.05) is 27.4 Å². The van der Waals surface area contributed by atoms with Crippen LogP contribution in [-0.2, 0) is 28.9 Å². The summed E-state index contributed by atoms with van der Waals surface area (Å²) >= 11 is 0. The standard InChI is InChI=1S/C46H56N5O8P/c1-10-11-25-57-60(51(31(4)5)32(6)7)59-39-27-42(50-29-47-43-38(52)26-41(48-44(43)50)49-45(53)30(2)3)58-40(39)28-56-46(33-15-13-12-14-16-33,34-17-21-36(54-8)22-18-34)35-19-23-37(55-9)24-20-35/h1,12-24,29-32,39-40,42H,11,25-28H2,2-9H3,(H,48,49,53). The van der Waals surface area contributed by atoms with E-state index in [2.05, 4.69) is 48.6 Å². The van der Waals surface area contributed by atoms with Crippen LogP contribution in [-0.4, -0.2) is 83.5 Å². The van der Waals surface area contributed by atoms with Crippen LogP contribution in [0, 0.1) is 18.3 Å². The van der Waals surface area contributed by atoms with Crippen molar-refractivity contribution >= 4 is 31.9 Å². The number of fused-ring (bicyclic) bond motifs is 1. The zero-order valence-electron chi connectivity index (χ0n) is 35.7. The summed E-state index contributed by atoms with van der Waals surface area (Å²) in [7, 11) is 1.65. The minimum absolute atomic E-state index is 0.0615. The molecule has 1 fully saturated rings. The summed E-state index contributed by atoms with van der Waals surface area (Å²) in [6.07, 6.45) is 6.04. The fourth-order valence-corrected chi connectivity index (χ4v) is 9.23. The number of aromatic nitrogens is 2. The molecule has 0 spiro atoms. The number of rotatable bonds is 18. The highest BCUT2D eigenvalue weighted by Gasteiger charge is 2.46. The monoisotopic (exact) mass is 837 g/mol. The van der Waals surface area contributed by atoms with E-state index in [9.17, 15) is 9.59 Å². The summed E-state index contributed by atoms with van der Waals surface area (Å²) in [6, 6.07) is 25.9. The molecule has 0 radical (unpaired) electrons. The Morgan fingerprint density at radius 2 is 1.55 bits per heavy atom. The molecular formula is C46H56N5O8P. The minimum atomic E-state index is -1.63. The molecule has 6 rings (SSSR count). The maximum absolute atomic E-state index is 13.3. The van der Waals surface area contributed by atoms with Crippen molar-refractivity contribution in [1.29, 1.82) is 0 Å². The fraction of sp³-hybridized carbons (Fsp3) is 0.435. The second-order valence-corrected chi connectivity index (χ2v) is 16.9. The van der Waals surface area contributed by atoms with Gasteiger partial charge in [-0.05, 0) is 68.7 Å². The number of hydrogen-bond donors (Lipinski definition) is 1. The number of amidine groups is 1. The third-order valence-corrected chi connectivity index (χ3v) is 12.6. The fourth-order valence-electron chi connectivity index (χ4n) is 7.47. The van der Waals surface area contributed by atoms with Gasteiger partial charge < -0.3 is 33.3 Å². The van der Waals surface area contributed by atoms with Crippen molar-refractivity contribution in [3.63, 3.8) is 0 Å². The molecule has 3 heterocycles. The third-order valence-electron chi connectivity index (χ3n) is 10.4. The number of nitrogens with one attached hydrogen (secondary N) is 1. The Bertz CT molecular complexity index is 2080. The van der Waals surface area contributed by atoms with E-state index < -0.39 is 32.6 Å². The van der Waals surface area contributed by atoms with Crippen LogP contribution in [0.15, 0.2) is 90.2 Å². The highest BCUT2D eigenvalue weighted by atomic mass is 31.2. The molecule has 3 aromatic carbocycles. The summed E-state index contributed by atoms with van der Waals surface area (Å²) in [6.45, 7) is 12.4. The van der Waals surface area contributed by atoms with Gasteiger partial charge in [-0.15, -0.1) is 12.3 Å². The first kappa shape index (κ1) is 44.6. The average molecular weight is 838 g/mol. The number of benzene rings is 3. The lowest BCUT2D eigenvalue weighted by molar-refractivity contribution is -0.122. The number of amides is 1. The predicted octanol–water partition coefficient (Wildman–Crippen LogP) is 8.36. The summed E-state index contributed by atoms with van der Waals surface area (Å²) in [4.78, 5) is 35.2. The number of nitrogens with zero attached hydrogens (tertiary/aromatic N) is 4. The van der Waals surface area contributed by atoms with Gasteiger partial charge in [-0.3, -0.25) is 14.2 Å². The SMILES string of the molecule is C#CCCOP(OC1CC(n2cnc3c2N=C(NC(=O)C(C)C)CC3=O)OC1COC(c1ccccc1)(c1ccc(OC)cc1)c1ccc(OC)cc1)N(C(C)C)C(C)C. The van der Waals surface area contributed by atoms with Crippen LogP contribution in [0.1, 0.15) is 94.2 Å². The van der Waals surface area contributed by atoms with Crippen molar-refractivity contribution in [1.82, 2.24) is 19.5 Å². The van der Waals surface area contributed by atoms with Crippen molar-refractivity contribution < 1.29 is 37.6 Å². The van der Waals surface area contributed by atoms with Gasteiger partial charge in [-0.2, -0.15) is 0 Å². The van der Waals surface area contributed by atoms with Gasteiger partial charge in [0.1, 0.15) is 35.3 Å². The van der Waals surface area contributed by atoms with Gasteiger partial charge in [0.05, 0.1) is 46.3 Å². The summed E-state index contributed by atoms with van der Waals surface area (Å²) in [5.41, 5.74) is 1.71. The molecule has 14 heteroatoms. The Hall–Kier alpha value is -4.93. The van der Waals surface area contributed by atoms with E-state index in [1.807, 2.05) is 78.9 Å². The largest absolute Gasteiger partial charge is 0.497 e. The molecule has 60 heavy (non-hydrogen) atoms. The maximum atomic E-state index is 13.3. The van der Waals surface area contributed by atoms with Gasteiger partial charge in [0.25, 0.3) is 8.53 Å². The molecule has 1 saturated heterocycles. The molecule has 1 amide bonds. The molecule has 2 aliphatic rings. The molecule has 4 atom stereocenters. The Morgan fingerprint density at radius 1 is 0.950 bits per heavy atom. The lowest BCUT2D eigenvalue weighted by Gasteiger charge is -2.39. The molecule has 0 bridgehead atoms. The first-order chi connectivity index (χ1) is 28.9. The van der Waals surface area contributed by atoms with Crippen LogP contribution in [0.3, 0.4) is 0 Å². The lowest BCUT2D eigenvalue weighted by atomic mass is 9.80. The smallest absolute Gasteiger partial charge is 0.259 e. The zero-order chi connectivity index (χ0) is 43.0. The molecular weight excluding hydrogens is 782 g/mol. The Labute approximate surface area is 354 Å². The van der Waals surface area contributed by atoms with Crippen molar-refractivity contribution in [2.24, 2.45) is 10.9 Å². The maximum Gasteiger partial charge on any atom is 0.259 e. The number of imidazole rings is 1. The number of carbonyl (C=O) groups is 2. The summed E-state index contributed by atoms with van der Waals surface area (Å²) in [5.74, 6) is 3.90. The molecule has 318 valence electrons. The van der Waals surface area contributed by atoms with E-state index >= 15 is 0 Å². The van der Waals surface area contributed by atoms with Crippen LogP contribution < -0.4 is 14.8 Å². The first-order valence-electron chi connectivity index (χ1n) is 20.3. The summed E-state index contributed by atoms with van der Waals surface area (Å²) < 4.78 is 42.9. The second kappa shape index (κ2) is 20.1. The van der Waals surface area contributed by atoms with E-state index in [-0.39, 0.29) is 54.2 Å². The number of methoxy groups -OCH3 is 2. The Balaban J connectivity index is 1.43. The Kier molecular flexibility index (Phi) is 14.9. The number of terminal acetylenes is 1. The zero-order valence-corrected chi connectivity index (χ0v) is 36.6. The minimum Gasteiger partial charge on any atom is -0.497 e. The quantitative estimate of drug-likeness (QED) is 0.0451. The Morgan fingerprint density at radius 3 is 2.10 bits per heavy atom. The molecule has 2 aliphatic heterocycles. The predicted molar refractivity (Wildman–Crippen MR) is 231 cm³/mol. The third kappa shape index (κ3) is 9.82. The van der Waals surface area contributed by atoms with Crippen molar-refractivity contribution in [3.8, 4) is 23.8 Å². The first-order valence-corrected chi connectivity index (χ1v) is 21.5. The van der Waals surface area contributed by atoms with Crippen molar-refractivity contribution in [2.45, 2.75) is 96.9 Å². The summed E-state index contributed by atoms with van der Waals surface area (Å²) in [5, 5.41) is 2.81. The molecule has 0 saturated carbocycles. The van der Waals surface area contributed by atoms with Gasteiger partial charge in [0.15, 0.2) is 17.3 Å². The normalized spacial score (nSPS) is 18.4. The van der Waals surface area contributed by atoms with Crippen LogP contribution >= 0.6 is 8.53 Å². The molecule has 4 aromatic rings. The van der Waals surface area contributed by atoms with Crippen LogP contribution in [0.4, 0.5) is 5.82 Å². The number of ketones is 1. The van der Waals surface area contributed by atoms with E-state index in [4.69, 9.17) is 39.4 Å². The van der Waals surface area contributed by atoms with Crippen LogP contribution in [0.25, 0.3) is 0 Å². The van der Waals surface area contributed by atoms with Crippen LogP contribution in [0.5, 0.6) is 11.5 Å². The van der Waals surface area contributed by atoms with E-state index in [1.165, 1.54) is 0 Å². The average Bonchev–Trinajstić information content (AvgIpc) is 3.85. The topological polar surface area (TPSA) is 135 Å². The molecule has 13 nitrogen and oxygen atoms in total. The van der Waals surface area contributed by atoms with E-state index in [0.29, 0.717) is 36.8 Å². The van der Waals surface area contributed by atoms with Crippen LogP contribution in [0.2, 0.25) is 0 Å². The van der Waals surface area contributed by atoms with E-state index in [1.54, 1.807) is 39.0 Å². The number of ether oxygens (including phenoxy) is 4. The van der Waals surface area contributed by atoms with Gasteiger partial charge in [-0.25, -0.2) is 14.6 Å². The van der Waals surface area contributed by atoms with Gasteiger partial charge in [-0.1, -0.05) is 68.4 Å². The molecule has 1 aromatic heterocycles. The van der Waals surface area contributed by atoms with Gasteiger partial charge in [0.2, 0.25) is 5.91 Å².